The van der Waals surface area contributed by atoms with E-state index in [4.69, 9.17) is 22.5 Å². The monoisotopic (exact) mass is 367 g/mol. The number of hydrogen-bond acceptors (Lipinski definition) is 3. The highest BCUT2D eigenvalue weighted by atomic mass is 79.9. The van der Waals surface area contributed by atoms with Crippen LogP contribution in [0.4, 0.5) is 5.69 Å². The topological polar surface area (TPSA) is 87.7 Å². The Morgan fingerprint density at radius 3 is 2.67 bits per heavy atom. The van der Waals surface area contributed by atoms with Crippen LogP contribution >= 0.6 is 27.5 Å². The second-order valence-corrected chi connectivity index (χ2v) is 5.47. The molecule has 0 heterocycles. The summed E-state index contributed by atoms with van der Waals surface area (Å²) in [6.07, 6.45) is 0. The Morgan fingerprint density at radius 1 is 1.24 bits per heavy atom. The number of nitrogens with zero attached hydrogens (tertiary/aromatic N) is 1. The second kappa shape index (κ2) is 6.60. The number of nitrogens with one attached hydrogen (secondary N) is 1. The molecule has 0 aliphatic rings. The molecule has 7 heteroatoms. The Hall–Kier alpha value is -2.05. The van der Waals surface area contributed by atoms with Crippen molar-refractivity contribution < 1.29 is 10.0 Å². The Labute approximate surface area is 134 Å². The lowest BCUT2D eigenvalue weighted by molar-refractivity contribution is 0.102. The first kappa shape index (κ1) is 15.3. The zero-order chi connectivity index (χ0) is 15.4. The SMILES string of the molecule is NC(=NO)c1cccc(C(=O)Nc2cc(Br)ccc2Cl)c1. The first-order valence-electron chi connectivity index (χ1n) is 5.85. The second-order valence-electron chi connectivity index (χ2n) is 4.14. The predicted molar refractivity (Wildman–Crippen MR) is 86.1 cm³/mol. The number of benzene rings is 2. The number of hydrogen-bond donors (Lipinski definition) is 3. The normalized spacial score (nSPS) is 11.2. The van der Waals surface area contributed by atoms with Crippen LogP contribution in [0.1, 0.15) is 15.9 Å². The summed E-state index contributed by atoms with van der Waals surface area (Å²) in [6, 6.07) is 11.6. The van der Waals surface area contributed by atoms with Gasteiger partial charge in [-0.3, -0.25) is 4.79 Å². The minimum absolute atomic E-state index is 0.0647. The summed E-state index contributed by atoms with van der Waals surface area (Å²) in [5.74, 6) is -0.410. The van der Waals surface area contributed by atoms with Crippen molar-refractivity contribution in [3.63, 3.8) is 0 Å². The van der Waals surface area contributed by atoms with E-state index in [-0.39, 0.29) is 11.7 Å². The van der Waals surface area contributed by atoms with Crippen LogP contribution in [0.2, 0.25) is 5.02 Å². The van der Waals surface area contributed by atoms with Crippen molar-refractivity contribution in [2.45, 2.75) is 0 Å². The van der Waals surface area contributed by atoms with Gasteiger partial charge in [0.05, 0.1) is 10.7 Å². The molecule has 21 heavy (non-hydrogen) atoms. The van der Waals surface area contributed by atoms with Gasteiger partial charge in [-0.25, -0.2) is 0 Å². The van der Waals surface area contributed by atoms with Gasteiger partial charge in [0.15, 0.2) is 5.84 Å². The number of halogens is 2. The lowest BCUT2D eigenvalue weighted by atomic mass is 10.1. The van der Waals surface area contributed by atoms with Crippen LogP contribution in [0.3, 0.4) is 0 Å². The summed E-state index contributed by atoms with van der Waals surface area (Å²) in [5, 5.41) is 14.7. The molecule has 2 aromatic rings. The molecule has 0 spiro atoms. The number of carbonyl (C=O) groups is 1. The highest BCUT2D eigenvalue weighted by Crippen LogP contribution is 2.26. The number of carbonyl (C=O) groups excluding carboxylic acids is 1. The summed E-state index contributed by atoms with van der Waals surface area (Å²) >= 11 is 9.34. The molecule has 0 aliphatic carbocycles. The van der Waals surface area contributed by atoms with E-state index < -0.39 is 0 Å². The van der Waals surface area contributed by atoms with E-state index in [1.54, 1.807) is 36.4 Å². The van der Waals surface area contributed by atoms with Crippen LogP contribution in [-0.4, -0.2) is 17.0 Å². The molecule has 0 bridgehead atoms. The van der Waals surface area contributed by atoms with Gasteiger partial charge in [-0.05, 0) is 30.3 Å². The maximum Gasteiger partial charge on any atom is 0.255 e. The summed E-state index contributed by atoms with van der Waals surface area (Å²) in [6.45, 7) is 0. The molecule has 0 fully saturated rings. The minimum atomic E-state index is -0.345. The van der Waals surface area contributed by atoms with Crippen LogP contribution in [0, 0.1) is 0 Å². The van der Waals surface area contributed by atoms with Gasteiger partial charge >= 0.3 is 0 Å². The number of amidine groups is 1. The van der Waals surface area contributed by atoms with Crippen molar-refractivity contribution in [1.82, 2.24) is 0 Å². The molecule has 4 N–H and O–H groups in total. The van der Waals surface area contributed by atoms with Crippen molar-refractivity contribution >= 4 is 45.0 Å². The Bertz CT molecular complexity index is 719. The highest BCUT2D eigenvalue weighted by Gasteiger charge is 2.10. The van der Waals surface area contributed by atoms with Gasteiger partial charge in [-0.1, -0.05) is 44.8 Å². The molecule has 5 nitrogen and oxygen atoms in total. The molecule has 2 aromatic carbocycles. The van der Waals surface area contributed by atoms with Crippen LogP contribution in [-0.2, 0) is 0 Å². The Kier molecular flexibility index (Phi) is 4.82. The molecule has 0 atom stereocenters. The number of oxime groups is 1. The van der Waals surface area contributed by atoms with Crippen molar-refractivity contribution in [3.8, 4) is 0 Å². The van der Waals surface area contributed by atoms with E-state index in [9.17, 15) is 4.79 Å². The fraction of sp³-hybridized carbons (Fsp3) is 0. The quantitative estimate of drug-likeness (QED) is 0.335. The highest BCUT2D eigenvalue weighted by molar-refractivity contribution is 9.10. The minimum Gasteiger partial charge on any atom is -0.409 e. The molecule has 0 aliphatic heterocycles. The summed E-state index contributed by atoms with van der Waals surface area (Å²) in [5.41, 5.74) is 6.81. The smallest absolute Gasteiger partial charge is 0.255 e. The fourth-order valence-corrected chi connectivity index (χ4v) is 2.19. The zero-order valence-corrected chi connectivity index (χ0v) is 13.0. The molecule has 2 rings (SSSR count). The zero-order valence-electron chi connectivity index (χ0n) is 10.7. The largest absolute Gasteiger partial charge is 0.409 e. The van der Waals surface area contributed by atoms with Crippen LogP contribution in [0.5, 0.6) is 0 Å². The van der Waals surface area contributed by atoms with Crippen molar-refractivity contribution in [1.29, 1.82) is 0 Å². The average Bonchev–Trinajstić information content (AvgIpc) is 2.50. The molecule has 0 radical (unpaired) electrons. The van der Waals surface area contributed by atoms with Crippen molar-refractivity contribution in [3.05, 3.63) is 63.1 Å². The van der Waals surface area contributed by atoms with E-state index in [1.165, 1.54) is 6.07 Å². The third-order valence-electron chi connectivity index (χ3n) is 2.70. The predicted octanol–water partition coefficient (Wildman–Crippen LogP) is 3.45. The van der Waals surface area contributed by atoms with E-state index in [2.05, 4.69) is 26.4 Å². The Morgan fingerprint density at radius 2 is 1.95 bits per heavy atom. The fourth-order valence-electron chi connectivity index (χ4n) is 1.67. The standard InChI is InChI=1S/C14H11BrClN3O2/c15-10-4-5-11(16)12(7-10)18-14(20)9-3-1-2-8(6-9)13(17)19-21/h1-7,21H,(H2,17,19)(H,18,20). The van der Waals surface area contributed by atoms with Crippen molar-refractivity contribution in [2.75, 3.05) is 5.32 Å². The molecule has 1 amide bonds. The number of anilines is 1. The number of nitrogens with two attached hydrogens (primary N) is 1. The van der Waals surface area contributed by atoms with Gasteiger partial charge in [0, 0.05) is 15.6 Å². The van der Waals surface area contributed by atoms with Gasteiger partial charge in [-0.2, -0.15) is 0 Å². The third kappa shape index (κ3) is 3.74. The van der Waals surface area contributed by atoms with Gasteiger partial charge in [0.2, 0.25) is 0 Å². The van der Waals surface area contributed by atoms with Crippen LogP contribution < -0.4 is 11.1 Å². The van der Waals surface area contributed by atoms with Gasteiger partial charge in [0.1, 0.15) is 0 Å². The lowest BCUT2D eigenvalue weighted by Crippen LogP contribution is -2.16. The molecular weight excluding hydrogens is 358 g/mol. The van der Waals surface area contributed by atoms with E-state index in [0.29, 0.717) is 21.8 Å². The molecule has 0 aromatic heterocycles. The third-order valence-corrected chi connectivity index (χ3v) is 3.53. The molecular formula is C14H11BrClN3O2. The first-order valence-corrected chi connectivity index (χ1v) is 7.02. The molecule has 0 saturated heterocycles. The molecule has 0 unspecified atom stereocenters. The molecule has 0 saturated carbocycles. The maximum absolute atomic E-state index is 12.2. The lowest BCUT2D eigenvalue weighted by Gasteiger charge is -2.08. The van der Waals surface area contributed by atoms with E-state index in [1.807, 2.05) is 0 Å². The van der Waals surface area contributed by atoms with Crippen LogP contribution in [0.25, 0.3) is 0 Å². The summed E-state index contributed by atoms with van der Waals surface area (Å²) in [4.78, 5) is 12.2. The van der Waals surface area contributed by atoms with Gasteiger partial charge in [0.25, 0.3) is 5.91 Å². The maximum atomic E-state index is 12.2. The summed E-state index contributed by atoms with van der Waals surface area (Å²) < 4.78 is 0.799. The Balaban J connectivity index is 2.26. The number of amides is 1. The first-order chi connectivity index (χ1) is 10.0. The van der Waals surface area contributed by atoms with E-state index >= 15 is 0 Å². The van der Waals surface area contributed by atoms with E-state index in [0.717, 1.165) is 4.47 Å². The average molecular weight is 369 g/mol. The number of rotatable bonds is 3. The molecule has 108 valence electrons. The summed E-state index contributed by atoms with van der Waals surface area (Å²) in [7, 11) is 0. The van der Waals surface area contributed by atoms with Crippen LogP contribution in [0.15, 0.2) is 52.1 Å². The van der Waals surface area contributed by atoms with Gasteiger partial charge < -0.3 is 16.3 Å². The van der Waals surface area contributed by atoms with Crippen molar-refractivity contribution in [2.24, 2.45) is 10.9 Å². The van der Waals surface area contributed by atoms with Gasteiger partial charge in [-0.15, -0.1) is 0 Å².